The molecular weight excluding hydrogens is 270 g/mol. The summed E-state index contributed by atoms with van der Waals surface area (Å²) in [7, 11) is 0. The van der Waals surface area contributed by atoms with Crippen molar-refractivity contribution in [3.8, 4) is 0 Å². The number of hydrogen-bond acceptors (Lipinski definition) is 5. The molecule has 0 aliphatic heterocycles. The Labute approximate surface area is 121 Å². The maximum Gasteiger partial charge on any atom is 0.0998 e. The summed E-state index contributed by atoms with van der Waals surface area (Å²) in [6.07, 6.45) is 3.71. The average molecular weight is 287 g/mol. The van der Waals surface area contributed by atoms with Crippen LogP contribution in [0.5, 0.6) is 0 Å². The van der Waals surface area contributed by atoms with Gasteiger partial charge in [0, 0.05) is 6.42 Å². The Bertz CT molecular complexity index is 628. The molecule has 2 heterocycles. The molecule has 20 heavy (non-hydrogen) atoms. The van der Waals surface area contributed by atoms with E-state index in [9.17, 15) is 0 Å². The van der Waals surface area contributed by atoms with Crippen molar-refractivity contribution < 1.29 is 0 Å². The zero-order chi connectivity index (χ0) is 13.8. The van der Waals surface area contributed by atoms with E-state index in [-0.39, 0.29) is 6.04 Å². The van der Waals surface area contributed by atoms with Crippen molar-refractivity contribution >= 4 is 21.6 Å². The number of para-hydroxylation sites is 1. The minimum absolute atomic E-state index is 0.161. The maximum absolute atomic E-state index is 4.69. The number of aromatic amines is 1. The van der Waals surface area contributed by atoms with Gasteiger partial charge < -0.3 is 5.32 Å². The van der Waals surface area contributed by atoms with Gasteiger partial charge in [0.05, 0.1) is 33.2 Å². The molecule has 1 aromatic carbocycles. The quantitative estimate of drug-likeness (QED) is 0.731. The van der Waals surface area contributed by atoms with Crippen LogP contribution in [0.15, 0.2) is 30.5 Å². The summed E-state index contributed by atoms with van der Waals surface area (Å²) < 4.78 is 1.23. The summed E-state index contributed by atoms with van der Waals surface area (Å²) in [5, 5.41) is 15.4. The molecule has 0 radical (unpaired) electrons. The topological polar surface area (TPSA) is 66.5 Å². The van der Waals surface area contributed by atoms with E-state index in [1.54, 1.807) is 17.5 Å². The van der Waals surface area contributed by atoms with E-state index in [0.717, 1.165) is 35.6 Å². The lowest BCUT2D eigenvalue weighted by Crippen LogP contribution is -2.24. The zero-order valence-corrected chi connectivity index (χ0v) is 12.2. The molecule has 0 saturated heterocycles. The standard InChI is InChI=1S/C14H17N5S/c1-2-7-15-11(12-9-16-19-18-12)8-14-17-10-5-3-4-6-13(10)20-14/h3-6,9,11,15H,2,7-8H2,1H3,(H,16,18,19). The number of hydrogen-bond donors (Lipinski definition) is 2. The summed E-state index contributed by atoms with van der Waals surface area (Å²) in [5.41, 5.74) is 2.01. The van der Waals surface area contributed by atoms with E-state index in [0.29, 0.717) is 0 Å². The Morgan fingerprint density at radius 1 is 1.35 bits per heavy atom. The van der Waals surface area contributed by atoms with Gasteiger partial charge in [-0.05, 0) is 25.1 Å². The lowest BCUT2D eigenvalue weighted by molar-refractivity contribution is 0.516. The number of thiazole rings is 1. The first-order valence-corrected chi connectivity index (χ1v) is 7.62. The predicted octanol–water partition coefficient (Wildman–Crippen LogP) is 2.70. The van der Waals surface area contributed by atoms with Gasteiger partial charge in [-0.25, -0.2) is 4.98 Å². The van der Waals surface area contributed by atoms with Crippen LogP contribution in [-0.4, -0.2) is 26.9 Å². The minimum atomic E-state index is 0.161. The fourth-order valence-corrected chi connectivity index (χ4v) is 3.17. The van der Waals surface area contributed by atoms with Crippen LogP contribution in [-0.2, 0) is 6.42 Å². The van der Waals surface area contributed by atoms with Gasteiger partial charge in [0.1, 0.15) is 0 Å². The number of aromatic nitrogens is 4. The van der Waals surface area contributed by atoms with Crippen molar-refractivity contribution in [1.29, 1.82) is 0 Å². The maximum atomic E-state index is 4.69. The molecule has 6 heteroatoms. The first kappa shape index (κ1) is 13.2. The molecule has 0 fully saturated rings. The highest BCUT2D eigenvalue weighted by Gasteiger charge is 2.16. The molecule has 0 aliphatic carbocycles. The van der Waals surface area contributed by atoms with Crippen LogP contribution in [0.2, 0.25) is 0 Å². The molecule has 2 N–H and O–H groups in total. The van der Waals surface area contributed by atoms with Gasteiger partial charge >= 0.3 is 0 Å². The highest BCUT2D eigenvalue weighted by molar-refractivity contribution is 7.18. The summed E-state index contributed by atoms with van der Waals surface area (Å²) in [6.45, 7) is 3.12. The first-order valence-electron chi connectivity index (χ1n) is 6.80. The highest BCUT2D eigenvalue weighted by Crippen LogP contribution is 2.25. The van der Waals surface area contributed by atoms with Crippen molar-refractivity contribution in [2.75, 3.05) is 6.54 Å². The molecule has 1 unspecified atom stereocenters. The monoisotopic (exact) mass is 287 g/mol. The van der Waals surface area contributed by atoms with Crippen molar-refractivity contribution in [1.82, 2.24) is 25.7 Å². The average Bonchev–Trinajstić information content (AvgIpc) is 3.11. The van der Waals surface area contributed by atoms with Crippen molar-refractivity contribution in [2.45, 2.75) is 25.8 Å². The third kappa shape index (κ3) is 2.86. The molecule has 3 aromatic rings. The van der Waals surface area contributed by atoms with Gasteiger partial charge in [0.25, 0.3) is 0 Å². The van der Waals surface area contributed by atoms with E-state index in [4.69, 9.17) is 4.98 Å². The van der Waals surface area contributed by atoms with Crippen LogP contribution in [0.3, 0.4) is 0 Å². The van der Waals surface area contributed by atoms with Gasteiger partial charge in [-0.15, -0.1) is 11.3 Å². The molecule has 3 rings (SSSR count). The van der Waals surface area contributed by atoms with E-state index in [1.165, 1.54) is 4.70 Å². The summed E-state index contributed by atoms with van der Waals surface area (Å²) in [4.78, 5) is 4.69. The second-order valence-corrected chi connectivity index (χ2v) is 5.80. The van der Waals surface area contributed by atoms with Crippen LogP contribution >= 0.6 is 11.3 Å². The number of fused-ring (bicyclic) bond motifs is 1. The molecular formula is C14H17N5S. The third-order valence-electron chi connectivity index (χ3n) is 3.15. The van der Waals surface area contributed by atoms with Crippen LogP contribution in [0.4, 0.5) is 0 Å². The molecule has 104 valence electrons. The number of H-pyrrole nitrogens is 1. The Morgan fingerprint density at radius 3 is 3.00 bits per heavy atom. The first-order chi connectivity index (χ1) is 9.86. The van der Waals surface area contributed by atoms with Gasteiger partial charge in [-0.1, -0.05) is 19.1 Å². The molecule has 1 atom stereocenters. The number of nitrogens with one attached hydrogen (secondary N) is 2. The molecule has 5 nitrogen and oxygen atoms in total. The lowest BCUT2D eigenvalue weighted by Gasteiger charge is -2.14. The minimum Gasteiger partial charge on any atom is -0.308 e. The number of rotatable bonds is 6. The van der Waals surface area contributed by atoms with Gasteiger partial charge in [-0.2, -0.15) is 15.4 Å². The third-order valence-corrected chi connectivity index (χ3v) is 4.21. The fourth-order valence-electron chi connectivity index (χ4n) is 2.16. The highest BCUT2D eigenvalue weighted by atomic mass is 32.1. The van der Waals surface area contributed by atoms with Gasteiger partial charge in [0.2, 0.25) is 0 Å². The van der Waals surface area contributed by atoms with E-state index in [2.05, 4.69) is 45.9 Å². The zero-order valence-electron chi connectivity index (χ0n) is 11.3. The SMILES string of the molecule is CCCNC(Cc1nc2ccccc2s1)c1cn[nH]n1. The van der Waals surface area contributed by atoms with Crippen LogP contribution in [0.25, 0.3) is 10.2 Å². The Hall–Kier alpha value is -1.79. The molecule has 0 bridgehead atoms. The normalized spacial score (nSPS) is 12.8. The Kier molecular flexibility index (Phi) is 4.03. The van der Waals surface area contributed by atoms with E-state index in [1.807, 2.05) is 6.07 Å². The second kappa shape index (κ2) is 6.11. The van der Waals surface area contributed by atoms with E-state index < -0.39 is 0 Å². The van der Waals surface area contributed by atoms with Gasteiger partial charge in [-0.3, -0.25) is 0 Å². The molecule has 0 aliphatic rings. The van der Waals surface area contributed by atoms with Crippen molar-refractivity contribution in [3.05, 3.63) is 41.2 Å². The molecule has 0 saturated carbocycles. The molecule has 0 spiro atoms. The van der Waals surface area contributed by atoms with Crippen LogP contribution in [0, 0.1) is 0 Å². The fraction of sp³-hybridized carbons (Fsp3) is 0.357. The smallest absolute Gasteiger partial charge is 0.0998 e. The molecule has 0 amide bonds. The number of benzene rings is 1. The largest absolute Gasteiger partial charge is 0.308 e. The van der Waals surface area contributed by atoms with Crippen molar-refractivity contribution in [2.24, 2.45) is 0 Å². The van der Waals surface area contributed by atoms with Crippen molar-refractivity contribution in [3.63, 3.8) is 0 Å². The Balaban J connectivity index is 1.81. The second-order valence-electron chi connectivity index (χ2n) is 4.68. The number of nitrogens with zero attached hydrogens (tertiary/aromatic N) is 3. The Morgan fingerprint density at radius 2 is 2.25 bits per heavy atom. The van der Waals surface area contributed by atoms with Crippen LogP contribution in [0.1, 0.15) is 30.1 Å². The summed E-state index contributed by atoms with van der Waals surface area (Å²) >= 11 is 1.75. The van der Waals surface area contributed by atoms with E-state index >= 15 is 0 Å². The summed E-state index contributed by atoms with van der Waals surface area (Å²) in [6, 6.07) is 8.40. The summed E-state index contributed by atoms with van der Waals surface area (Å²) in [5.74, 6) is 0. The predicted molar refractivity (Wildman–Crippen MR) is 80.7 cm³/mol. The molecule has 2 aromatic heterocycles. The van der Waals surface area contributed by atoms with Crippen LogP contribution < -0.4 is 5.32 Å². The van der Waals surface area contributed by atoms with Gasteiger partial charge in [0.15, 0.2) is 0 Å². The lowest BCUT2D eigenvalue weighted by atomic mass is 10.1.